The number of carbonyl (C=O) groups is 2. The Bertz CT molecular complexity index is 1190. The second-order valence-corrected chi connectivity index (χ2v) is 10.8. The van der Waals surface area contributed by atoms with Crippen molar-refractivity contribution in [1.29, 1.82) is 0 Å². The summed E-state index contributed by atoms with van der Waals surface area (Å²) in [5, 5.41) is 5.42. The highest BCUT2D eigenvalue weighted by Gasteiger charge is 2.43. The Balaban J connectivity index is 1.79. The molecular formula is C24H26BrFN4O4S. The summed E-state index contributed by atoms with van der Waals surface area (Å²) in [6.07, 6.45) is 1.51. The Morgan fingerprint density at radius 3 is 2.74 bits per heavy atom. The molecule has 0 radical (unpaired) electrons. The Kier molecular flexibility index (Phi) is 7.27. The lowest BCUT2D eigenvalue weighted by atomic mass is 9.94. The number of ether oxygens (including phenoxy) is 2. The topological polar surface area (TPSA) is 93.1 Å². The van der Waals surface area contributed by atoms with Gasteiger partial charge in [-0.2, -0.15) is 0 Å². The van der Waals surface area contributed by atoms with Crippen LogP contribution in [-0.4, -0.2) is 52.6 Å². The van der Waals surface area contributed by atoms with Gasteiger partial charge >= 0.3 is 12.1 Å². The lowest BCUT2D eigenvalue weighted by molar-refractivity contribution is -0.139. The zero-order valence-corrected chi connectivity index (χ0v) is 22.2. The molecule has 0 spiro atoms. The second-order valence-electron chi connectivity index (χ2n) is 9.10. The van der Waals surface area contributed by atoms with Crippen LogP contribution in [0.3, 0.4) is 0 Å². The van der Waals surface area contributed by atoms with Crippen LogP contribution in [0.15, 0.2) is 50.5 Å². The molecule has 2 aliphatic rings. The summed E-state index contributed by atoms with van der Waals surface area (Å²) in [7, 11) is 0. The van der Waals surface area contributed by atoms with Gasteiger partial charge in [0.05, 0.1) is 18.2 Å². The third-order valence-electron chi connectivity index (χ3n) is 5.36. The Labute approximate surface area is 215 Å². The van der Waals surface area contributed by atoms with Crippen LogP contribution in [0.1, 0.15) is 50.7 Å². The van der Waals surface area contributed by atoms with E-state index in [1.165, 1.54) is 23.5 Å². The lowest BCUT2D eigenvalue weighted by Crippen LogP contribution is -2.41. The lowest BCUT2D eigenvalue weighted by Gasteiger charge is -2.31. The molecule has 1 fully saturated rings. The maximum atomic E-state index is 13.9. The monoisotopic (exact) mass is 564 g/mol. The number of nitrogens with zero attached hydrogens (tertiary/aromatic N) is 3. The fourth-order valence-electron chi connectivity index (χ4n) is 4.08. The third-order valence-corrected chi connectivity index (χ3v) is 6.81. The van der Waals surface area contributed by atoms with E-state index in [1.54, 1.807) is 40.0 Å². The molecular weight excluding hydrogens is 539 g/mol. The Hall–Kier alpha value is -2.79. The Morgan fingerprint density at radius 2 is 2.11 bits per heavy atom. The van der Waals surface area contributed by atoms with Crippen LogP contribution in [-0.2, 0) is 14.3 Å². The number of rotatable bonds is 5. The van der Waals surface area contributed by atoms with Crippen molar-refractivity contribution in [2.24, 2.45) is 4.99 Å². The Morgan fingerprint density at radius 1 is 1.34 bits per heavy atom. The molecule has 0 saturated carbocycles. The van der Waals surface area contributed by atoms with Gasteiger partial charge in [-0.1, -0.05) is 22.0 Å². The van der Waals surface area contributed by atoms with E-state index in [2.05, 4.69) is 26.2 Å². The molecule has 1 unspecified atom stereocenters. The number of hydrogen-bond donors (Lipinski definition) is 1. The van der Waals surface area contributed by atoms with Gasteiger partial charge in [-0.3, -0.25) is 4.99 Å². The van der Waals surface area contributed by atoms with Crippen molar-refractivity contribution < 1.29 is 23.5 Å². The van der Waals surface area contributed by atoms with E-state index in [1.807, 2.05) is 10.3 Å². The molecule has 3 heterocycles. The van der Waals surface area contributed by atoms with Gasteiger partial charge in [-0.15, -0.1) is 11.3 Å². The molecule has 1 N–H and O–H groups in total. The summed E-state index contributed by atoms with van der Waals surface area (Å²) in [6, 6.07) is 3.21. The van der Waals surface area contributed by atoms with Crippen molar-refractivity contribution >= 4 is 45.2 Å². The predicted octanol–water partition coefficient (Wildman–Crippen LogP) is 4.96. The highest BCUT2D eigenvalue weighted by atomic mass is 79.9. The van der Waals surface area contributed by atoms with Gasteiger partial charge in [0.25, 0.3) is 0 Å². The summed E-state index contributed by atoms with van der Waals surface area (Å²) >= 11 is 4.85. The van der Waals surface area contributed by atoms with E-state index in [4.69, 9.17) is 14.5 Å². The quantitative estimate of drug-likeness (QED) is 0.516. The zero-order chi connectivity index (χ0) is 25.3. The minimum Gasteiger partial charge on any atom is -0.463 e. The number of benzene rings is 1. The molecule has 1 amide bonds. The number of carbonyl (C=O) groups excluding carboxylic acids is 2. The number of thiazole rings is 1. The van der Waals surface area contributed by atoms with Crippen LogP contribution in [0.5, 0.6) is 0 Å². The van der Waals surface area contributed by atoms with Crippen LogP contribution in [0.4, 0.5) is 9.18 Å². The first kappa shape index (κ1) is 25.3. The van der Waals surface area contributed by atoms with Gasteiger partial charge in [0.2, 0.25) is 0 Å². The van der Waals surface area contributed by atoms with E-state index >= 15 is 0 Å². The van der Waals surface area contributed by atoms with Gasteiger partial charge in [-0.25, -0.2) is 19.0 Å². The van der Waals surface area contributed by atoms with Gasteiger partial charge < -0.3 is 19.7 Å². The first-order valence-corrected chi connectivity index (χ1v) is 12.8. The SMILES string of the molecule is CCOC(=O)C1=C2CC(NC(=O)OC(C)(C)C)CN2C(c2nccs2)=N[C@H]1c1ccc(F)cc1Br. The van der Waals surface area contributed by atoms with Crippen LogP contribution in [0.25, 0.3) is 0 Å². The smallest absolute Gasteiger partial charge is 0.407 e. The largest absolute Gasteiger partial charge is 0.463 e. The highest BCUT2D eigenvalue weighted by Crippen LogP contribution is 2.42. The minimum atomic E-state index is -0.741. The van der Waals surface area contributed by atoms with Crippen molar-refractivity contribution in [1.82, 2.24) is 15.2 Å². The number of aliphatic imine (C=N–C) groups is 1. The van der Waals surface area contributed by atoms with E-state index in [0.717, 1.165) is 0 Å². The van der Waals surface area contributed by atoms with Crippen LogP contribution in [0, 0.1) is 5.82 Å². The average Bonchev–Trinajstić information content (AvgIpc) is 3.41. The van der Waals surface area contributed by atoms with E-state index < -0.39 is 29.5 Å². The first-order valence-electron chi connectivity index (χ1n) is 11.2. The number of amides is 1. The molecule has 2 atom stereocenters. The number of esters is 1. The number of amidine groups is 1. The minimum absolute atomic E-state index is 0.190. The predicted molar refractivity (Wildman–Crippen MR) is 134 cm³/mol. The molecule has 1 aromatic heterocycles. The number of nitrogens with one attached hydrogen (secondary N) is 1. The zero-order valence-electron chi connectivity index (χ0n) is 19.8. The number of aromatic nitrogens is 1. The van der Waals surface area contributed by atoms with E-state index in [-0.39, 0.29) is 12.6 Å². The fraction of sp³-hybridized carbons (Fsp3) is 0.417. The van der Waals surface area contributed by atoms with E-state index in [9.17, 15) is 14.0 Å². The molecule has 0 aliphatic carbocycles. The number of hydrogen-bond acceptors (Lipinski definition) is 8. The molecule has 186 valence electrons. The third kappa shape index (κ3) is 5.56. The second kappa shape index (κ2) is 10.1. The van der Waals surface area contributed by atoms with Crippen molar-refractivity contribution in [3.8, 4) is 0 Å². The molecule has 4 rings (SSSR count). The maximum Gasteiger partial charge on any atom is 0.407 e. The van der Waals surface area contributed by atoms with Gasteiger partial charge in [0.1, 0.15) is 17.5 Å². The normalized spacial score (nSPS) is 19.8. The van der Waals surface area contributed by atoms with Crippen LogP contribution in [0.2, 0.25) is 0 Å². The summed E-state index contributed by atoms with van der Waals surface area (Å²) in [5.74, 6) is -0.332. The molecule has 8 nitrogen and oxygen atoms in total. The van der Waals surface area contributed by atoms with Crippen molar-refractivity contribution in [3.05, 3.63) is 61.9 Å². The van der Waals surface area contributed by atoms with Gasteiger partial charge in [0, 0.05) is 34.7 Å². The van der Waals surface area contributed by atoms with Gasteiger partial charge in [-0.05, 0) is 45.4 Å². The van der Waals surface area contributed by atoms with E-state index in [0.29, 0.717) is 45.1 Å². The molecule has 1 saturated heterocycles. The van der Waals surface area contributed by atoms with Crippen molar-refractivity contribution in [3.63, 3.8) is 0 Å². The standard InChI is InChI=1S/C24H26BrFN4O4S/c1-5-33-22(31)18-17-11-14(28-23(32)34-24(2,3)4)12-30(17)20(21-27-8-9-35-21)29-19(18)15-7-6-13(26)10-16(15)25/h6-10,14,19H,5,11-12H2,1-4H3,(H,28,32)/t14?,19-/m0/s1. The first-order chi connectivity index (χ1) is 16.6. The summed E-state index contributed by atoms with van der Waals surface area (Å²) in [6.45, 7) is 7.69. The molecule has 2 aliphatic heterocycles. The number of halogens is 2. The highest BCUT2D eigenvalue weighted by molar-refractivity contribution is 9.10. The summed E-state index contributed by atoms with van der Waals surface area (Å²) < 4.78 is 25.2. The molecule has 0 bridgehead atoms. The van der Waals surface area contributed by atoms with Crippen LogP contribution < -0.4 is 5.32 Å². The maximum absolute atomic E-state index is 13.9. The fourth-order valence-corrected chi connectivity index (χ4v) is 5.29. The molecule has 35 heavy (non-hydrogen) atoms. The van der Waals surface area contributed by atoms with Gasteiger partial charge in [0.15, 0.2) is 10.8 Å². The summed E-state index contributed by atoms with van der Waals surface area (Å²) in [5.41, 5.74) is 1.02. The summed E-state index contributed by atoms with van der Waals surface area (Å²) in [4.78, 5) is 36.9. The molecule has 11 heteroatoms. The number of fused-ring (bicyclic) bond motifs is 1. The molecule has 2 aromatic rings. The molecule has 1 aromatic carbocycles. The number of alkyl carbamates (subject to hydrolysis) is 1. The average molecular weight is 565 g/mol. The van der Waals surface area contributed by atoms with Crippen LogP contribution >= 0.6 is 27.3 Å². The van der Waals surface area contributed by atoms with Crippen molar-refractivity contribution in [2.45, 2.75) is 51.8 Å². The van der Waals surface area contributed by atoms with Crippen molar-refractivity contribution in [2.75, 3.05) is 13.2 Å².